The number of nitrogens with one attached hydrogen (secondary N) is 1. The van der Waals surface area contributed by atoms with Gasteiger partial charge in [-0.05, 0) is 24.3 Å². The van der Waals surface area contributed by atoms with E-state index in [0.717, 1.165) is 4.90 Å². The lowest BCUT2D eigenvalue weighted by molar-refractivity contribution is -0.201. The van der Waals surface area contributed by atoms with E-state index in [2.05, 4.69) is 5.32 Å². The van der Waals surface area contributed by atoms with Gasteiger partial charge in [-0.15, -0.1) is 11.8 Å². The lowest BCUT2D eigenvalue weighted by Gasteiger charge is -2.14. The molecule has 0 bridgehead atoms. The number of hydrogen-bond acceptors (Lipinski definition) is 3. The lowest BCUT2D eigenvalue weighted by Crippen LogP contribution is -2.40. The number of rotatable bonds is 7. The summed E-state index contributed by atoms with van der Waals surface area (Å²) < 4.78 is 36.0. The smallest absolute Gasteiger partial charge is 0.382 e. The highest BCUT2D eigenvalue weighted by Crippen LogP contribution is 2.20. The third-order valence-electron chi connectivity index (χ3n) is 2.43. The number of halogens is 3. The molecule has 1 aromatic rings. The molecule has 20 heavy (non-hydrogen) atoms. The Morgan fingerprint density at radius 2 is 1.95 bits per heavy atom. The molecule has 1 aromatic carbocycles. The van der Waals surface area contributed by atoms with Crippen molar-refractivity contribution in [3.05, 3.63) is 30.3 Å². The van der Waals surface area contributed by atoms with E-state index in [-0.39, 0.29) is 6.42 Å². The van der Waals surface area contributed by atoms with Crippen LogP contribution in [0.1, 0.15) is 12.8 Å². The number of thioether (sulfide) groups is 1. The van der Waals surface area contributed by atoms with Crippen molar-refractivity contribution < 1.29 is 23.1 Å². The van der Waals surface area contributed by atoms with Crippen molar-refractivity contribution in [3.63, 3.8) is 0 Å². The van der Waals surface area contributed by atoms with Gasteiger partial charge in [0.15, 0.2) is 6.10 Å². The van der Waals surface area contributed by atoms with Crippen molar-refractivity contribution in [2.45, 2.75) is 30.0 Å². The summed E-state index contributed by atoms with van der Waals surface area (Å²) in [5.41, 5.74) is 0. The minimum atomic E-state index is -4.70. The van der Waals surface area contributed by atoms with Crippen LogP contribution in [0.4, 0.5) is 13.2 Å². The van der Waals surface area contributed by atoms with E-state index in [1.165, 1.54) is 0 Å². The number of carbonyl (C=O) groups excluding carboxylic acids is 1. The van der Waals surface area contributed by atoms with Gasteiger partial charge in [0.25, 0.3) is 0 Å². The molecule has 0 fully saturated rings. The van der Waals surface area contributed by atoms with Gasteiger partial charge in [0.2, 0.25) is 5.91 Å². The van der Waals surface area contributed by atoms with Gasteiger partial charge in [0, 0.05) is 11.3 Å². The fourth-order valence-electron chi connectivity index (χ4n) is 1.35. The van der Waals surface area contributed by atoms with Crippen molar-refractivity contribution >= 4 is 17.7 Å². The van der Waals surface area contributed by atoms with E-state index in [1.54, 1.807) is 11.8 Å². The Morgan fingerprint density at radius 1 is 1.30 bits per heavy atom. The number of aliphatic hydroxyl groups is 1. The number of carbonyl (C=O) groups is 1. The molecule has 0 heterocycles. The number of amides is 1. The zero-order valence-electron chi connectivity index (χ0n) is 10.7. The highest BCUT2D eigenvalue weighted by atomic mass is 32.2. The summed E-state index contributed by atoms with van der Waals surface area (Å²) in [5.74, 6) is 0.223. The summed E-state index contributed by atoms with van der Waals surface area (Å²) in [7, 11) is 0. The lowest BCUT2D eigenvalue weighted by atomic mass is 10.3. The molecular formula is C13H16F3NO2S. The van der Waals surface area contributed by atoms with Gasteiger partial charge in [-0.1, -0.05) is 18.2 Å². The SMILES string of the molecule is O=C(CCCSc1ccccc1)NCC(O)C(F)(F)F. The number of alkyl halides is 3. The van der Waals surface area contributed by atoms with Crippen LogP contribution >= 0.6 is 11.8 Å². The normalized spacial score (nSPS) is 13.0. The Labute approximate surface area is 119 Å². The zero-order chi connectivity index (χ0) is 15.0. The summed E-state index contributed by atoms with van der Waals surface area (Å²) in [4.78, 5) is 12.4. The summed E-state index contributed by atoms with van der Waals surface area (Å²) >= 11 is 1.58. The van der Waals surface area contributed by atoms with Crippen LogP contribution in [0.25, 0.3) is 0 Å². The maximum Gasteiger partial charge on any atom is 0.416 e. The highest BCUT2D eigenvalue weighted by Gasteiger charge is 2.38. The Bertz CT molecular complexity index is 412. The molecule has 0 aliphatic heterocycles. The Balaban J connectivity index is 2.12. The molecule has 7 heteroatoms. The summed E-state index contributed by atoms with van der Waals surface area (Å²) in [6.45, 7) is -0.797. The molecule has 3 nitrogen and oxygen atoms in total. The molecule has 0 aliphatic carbocycles. The summed E-state index contributed by atoms with van der Waals surface area (Å²) in [5, 5.41) is 10.8. The van der Waals surface area contributed by atoms with E-state index >= 15 is 0 Å². The van der Waals surface area contributed by atoms with E-state index in [0.29, 0.717) is 12.2 Å². The molecule has 1 unspecified atom stereocenters. The van der Waals surface area contributed by atoms with E-state index < -0.39 is 24.7 Å². The van der Waals surface area contributed by atoms with Crippen LogP contribution in [0.5, 0.6) is 0 Å². The van der Waals surface area contributed by atoms with Gasteiger partial charge in [-0.2, -0.15) is 13.2 Å². The van der Waals surface area contributed by atoms with Crippen LogP contribution in [0, 0.1) is 0 Å². The third-order valence-corrected chi connectivity index (χ3v) is 3.53. The van der Waals surface area contributed by atoms with Crippen LogP contribution in [0.3, 0.4) is 0 Å². The number of hydrogen-bond donors (Lipinski definition) is 2. The largest absolute Gasteiger partial charge is 0.416 e. The predicted octanol–water partition coefficient (Wildman–Crippen LogP) is 2.60. The minimum Gasteiger partial charge on any atom is -0.382 e. The van der Waals surface area contributed by atoms with Gasteiger partial charge in [-0.25, -0.2) is 0 Å². The second-order valence-corrected chi connectivity index (χ2v) is 5.29. The van der Waals surface area contributed by atoms with Crippen molar-refractivity contribution in [1.82, 2.24) is 5.32 Å². The first-order chi connectivity index (χ1) is 9.39. The second kappa shape index (κ2) is 8.16. The van der Waals surface area contributed by atoms with Crippen molar-refractivity contribution in [2.75, 3.05) is 12.3 Å². The predicted molar refractivity (Wildman–Crippen MR) is 71.5 cm³/mol. The molecule has 1 atom stereocenters. The maximum atomic E-state index is 12.0. The van der Waals surface area contributed by atoms with E-state index in [1.807, 2.05) is 30.3 Å². The van der Waals surface area contributed by atoms with Gasteiger partial charge >= 0.3 is 6.18 Å². The van der Waals surface area contributed by atoms with Crippen LogP contribution in [-0.2, 0) is 4.79 Å². The molecule has 0 aromatic heterocycles. The molecule has 1 amide bonds. The van der Waals surface area contributed by atoms with Gasteiger partial charge in [-0.3, -0.25) is 4.79 Å². The highest BCUT2D eigenvalue weighted by molar-refractivity contribution is 7.99. The van der Waals surface area contributed by atoms with Crippen molar-refractivity contribution in [3.8, 4) is 0 Å². The topological polar surface area (TPSA) is 49.3 Å². The molecule has 0 aliphatic rings. The van der Waals surface area contributed by atoms with Gasteiger partial charge < -0.3 is 10.4 Å². The minimum absolute atomic E-state index is 0.143. The third kappa shape index (κ3) is 6.81. The molecule has 112 valence electrons. The van der Waals surface area contributed by atoms with Crippen molar-refractivity contribution in [2.24, 2.45) is 0 Å². The van der Waals surface area contributed by atoms with Crippen LogP contribution in [0.2, 0.25) is 0 Å². The van der Waals surface area contributed by atoms with E-state index in [4.69, 9.17) is 5.11 Å². The average molecular weight is 307 g/mol. The molecular weight excluding hydrogens is 291 g/mol. The van der Waals surface area contributed by atoms with Crippen LogP contribution in [0.15, 0.2) is 35.2 Å². The fraction of sp³-hybridized carbons (Fsp3) is 0.462. The molecule has 0 spiro atoms. The molecule has 0 saturated heterocycles. The molecule has 0 radical (unpaired) electrons. The number of benzene rings is 1. The van der Waals surface area contributed by atoms with E-state index in [9.17, 15) is 18.0 Å². The Morgan fingerprint density at radius 3 is 2.55 bits per heavy atom. The van der Waals surface area contributed by atoms with Crippen molar-refractivity contribution in [1.29, 1.82) is 0 Å². The molecule has 2 N–H and O–H groups in total. The first kappa shape index (κ1) is 16.8. The van der Waals surface area contributed by atoms with Gasteiger partial charge in [0.05, 0.1) is 6.54 Å². The Hall–Kier alpha value is -1.21. The molecule has 1 rings (SSSR count). The fourth-order valence-corrected chi connectivity index (χ4v) is 2.23. The monoisotopic (exact) mass is 307 g/mol. The van der Waals surface area contributed by atoms with Crippen LogP contribution < -0.4 is 5.32 Å². The van der Waals surface area contributed by atoms with Gasteiger partial charge in [0.1, 0.15) is 0 Å². The van der Waals surface area contributed by atoms with Crippen LogP contribution in [-0.4, -0.2) is 35.6 Å². The summed E-state index contributed by atoms with van der Waals surface area (Å²) in [6.07, 6.45) is -6.50. The number of aliphatic hydroxyl groups excluding tert-OH is 1. The first-order valence-corrected chi connectivity index (χ1v) is 7.07. The zero-order valence-corrected chi connectivity index (χ0v) is 11.5. The summed E-state index contributed by atoms with van der Waals surface area (Å²) in [6, 6.07) is 9.62. The first-order valence-electron chi connectivity index (χ1n) is 6.09. The molecule has 0 saturated carbocycles. The average Bonchev–Trinajstić information content (AvgIpc) is 2.41. The second-order valence-electron chi connectivity index (χ2n) is 4.13. The maximum absolute atomic E-state index is 12.0. The quantitative estimate of drug-likeness (QED) is 0.601. The Kier molecular flexibility index (Phi) is 6.87. The standard InChI is InChI=1S/C13H16F3NO2S/c14-13(15,16)11(18)9-17-12(19)7-4-8-20-10-5-2-1-3-6-10/h1-3,5-6,11,18H,4,7-9H2,(H,17,19).